The van der Waals surface area contributed by atoms with Gasteiger partial charge in [0, 0.05) is 23.1 Å². The maximum absolute atomic E-state index is 12.5. The number of benzene rings is 3. The van der Waals surface area contributed by atoms with Gasteiger partial charge in [-0.1, -0.05) is 30.3 Å². The van der Waals surface area contributed by atoms with E-state index in [1.807, 2.05) is 37.2 Å². The molecule has 8 nitrogen and oxygen atoms in total. The van der Waals surface area contributed by atoms with Gasteiger partial charge in [-0.05, 0) is 56.6 Å². The summed E-state index contributed by atoms with van der Waals surface area (Å²) in [6.45, 7) is 1.29. The molecule has 0 aliphatic heterocycles. The van der Waals surface area contributed by atoms with Gasteiger partial charge in [0.25, 0.3) is 11.8 Å². The average Bonchev–Trinajstić information content (AvgIpc) is 3.29. The number of carbonyl (C=O) groups excluding carboxylic acids is 2. The molecule has 35 heavy (non-hydrogen) atoms. The van der Waals surface area contributed by atoms with Crippen LogP contribution in [-0.4, -0.2) is 44.0 Å². The lowest BCUT2D eigenvalue weighted by Crippen LogP contribution is -2.27. The Labute approximate surface area is 203 Å². The Hall–Kier alpha value is -4.30. The molecule has 4 N–H and O–H groups in total. The molecule has 0 unspecified atom stereocenters. The van der Waals surface area contributed by atoms with Gasteiger partial charge < -0.3 is 30.4 Å². The van der Waals surface area contributed by atoms with Crippen LogP contribution in [0, 0.1) is 0 Å². The van der Waals surface area contributed by atoms with Crippen LogP contribution in [0.1, 0.15) is 26.5 Å². The maximum Gasteiger partial charge on any atom is 0.287 e. The fraction of sp³-hybridized carbons (Fsp3) is 0.185. The third-order valence-corrected chi connectivity index (χ3v) is 5.32. The highest BCUT2D eigenvalue weighted by atomic mass is 16.5. The Morgan fingerprint density at radius 2 is 1.74 bits per heavy atom. The minimum Gasteiger partial charge on any atom is -0.492 e. The fourth-order valence-electron chi connectivity index (χ4n) is 3.63. The Bertz CT molecular complexity index is 1330. The van der Waals surface area contributed by atoms with E-state index in [1.165, 1.54) is 0 Å². The van der Waals surface area contributed by atoms with Crippen LogP contribution in [0.4, 0.5) is 11.4 Å². The monoisotopic (exact) mass is 472 g/mol. The van der Waals surface area contributed by atoms with Gasteiger partial charge >= 0.3 is 0 Å². The number of hydrogen-bond donors (Lipinski definition) is 3. The second-order valence-corrected chi connectivity index (χ2v) is 8.35. The first-order valence-corrected chi connectivity index (χ1v) is 11.2. The van der Waals surface area contributed by atoms with Crippen molar-refractivity contribution in [3.05, 3.63) is 89.7 Å². The molecule has 0 radical (unpaired) electrons. The molecule has 0 saturated carbocycles. The highest BCUT2D eigenvalue weighted by Crippen LogP contribution is 2.24. The number of para-hydroxylation sites is 3. The van der Waals surface area contributed by atoms with E-state index in [0.29, 0.717) is 29.2 Å². The first-order chi connectivity index (χ1) is 16.9. The van der Waals surface area contributed by atoms with E-state index >= 15 is 0 Å². The highest BCUT2D eigenvalue weighted by molar-refractivity contribution is 6.05. The summed E-state index contributed by atoms with van der Waals surface area (Å²) in [4.78, 5) is 27.0. The van der Waals surface area contributed by atoms with E-state index in [0.717, 1.165) is 23.1 Å². The number of anilines is 2. The number of nitrogens with zero attached hydrogens (tertiary/aromatic N) is 1. The van der Waals surface area contributed by atoms with Crippen molar-refractivity contribution in [1.29, 1.82) is 0 Å². The maximum atomic E-state index is 12.5. The summed E-state index contributed by atoms with van der Waals surface area (Å²) in [6.07, 6.45) is 0. The number of furan rings is 1. The molecule has 0 fully saturated rings. The number of amides is 2. The molecular formula is C27H28N4O4. The van der Waals surface area contributed by atoms with Crippen molar-refractivity contribution in [2.24, 2.45) is 0 Å². The van der Waals surface area contributed by atoms with Crippen molar-refractivity contribution >= 4 is 34.2 Å². The summed E-state index contributed by atoms with van der Waals surface area (Å²) in [5.74, 6) is 0.293. The number of ether oxygens (including phenoxy) is 1. The minimum atomic E-state index is -0.298. The summed E-state index contributed by atoms with van der Waals surface area (Å²) < 4.78 is 11.5. The van der Waals surface area contributed by atoms with Gasteiger partial charge in [0.2, 0.25) is 0 Å². The van der Waals surface area contributed by atoms with Crippen molar-refractivity contribution < 1.29 is 18.7 Å². The Balaban J connectivity index is 1.27. The van der Waals surface area contributed by atoms with Crippen LogP contribution in [-0.2, 0) is 6.54 Å². The van der Waals surface area contributed by atoms with Gasteiger partial charge in [-0.15, -0.1) is 0 Å². The topological polar surface area (TPSA) is 110 Å². The number of hydrogen-bond acceptors (Lipinski definition) is 6. The highest BCUT2D eigenvalue weighted by Gasteiger charge is 2.14. The minimum absolute atomic E-state index is 0.263. The first-order valence-electron chi connectivity index (χ1n) is 11.2. The molecule has 180 valence electrons. The number of rotatable bonds is 9. The van der Waals surface area contributed by atoms with Crippen molar-refractivity contribution in [3.63, 3.8) is 0 Å². The molecular weight excluding hydrogens is 444 g/mol. The second-order valence-electron chi connectivity index (χ2n) is 8.35. The SMILES string of the molecule is CN(C)Cc1cccc2cc(C(=O)NCCOc3ccc(C(=O)Nc4ccccc4N)cc3)oc12. The molecule has 0 atom stereocenters. The lowest BCUT2D eigenvalue weighted by Gasteiger charge is -2.10. The quantitative estimate of drug-likeness (QED) is 0.250. The standard InChI is InChI=1S/C27H28N4O4/c1-31(2)17-20-7-5-6-19-16-24(35-25(19)20)27(33)29-14-15-34-21-12-10-18(11-13-21)26(32)30-23-9-4-3-8-22(23)28/h3-13,16H,14-15,17,28H2,1-2H3,(H,29,33)(H,30,32). The van der Waals surface area contributed by atoms with Gasteiger partial charge in [-0.3, -0.25) is 9.59 Å². The number of nitrogen functional groups attached to an aromatic ring is 1. The zero-order chi connectivity index (χ0) is 24.8. The van der Waals surface area contributed by atoms with Gasteiger partial charge in [0.05, 0.1) is 17.9 Å². The van der Waals surface area contributed by atoms with Gasteiger partial charge in [-0.25, -0.2) is 0 Å². The summed E-state index contributed by atoms with van der Waals surface area (Å²) in [5, 5.41) is 6.49. The summed E-state index contributed by atoms with van der Waals surface area (Å²) >= 11 is 0. The molecule has 0 spiro atoms. The van der Waals surface area contributed by atoms with Crippen LogP contribution in [0.3, 0.4) is 0 Å². The lowest BCUT2D eigenvalue weighted by molar-refractivity contribution is 0.0920. The fourth-order valence-corrected chi connectivity index (χ4v) is 3.63. The number of carbonyl (C=O) groups is 2. The normalized spacial score (nSPS) is 10.9. The van der Waals surface area contributed by atoms with Gasteiger partial charge in [0.15, 0.2) is 5.76 Å². The van der Waals surface area contributed by atoms with Gasteiger partial charge in [0.1, 0.15) is 17.9 Å². The van der Waals surface area contributed by atoms with Crippen LogP contribution in [0.25, 0.3) is 11.0 Å². The molecule has 1 heterocycles. The number of nitrogens with one attached hydrogen (secondary N) is 2. The Morgan fingerprint density at radius 3 is 2.49 bits per heavy atom. The zero-order valence-corrected chi connectivity index (χ0v) is 19.7. The van der Waals surface area contributed by atoms with Crippen LogP contribution < -0.4 is 21.1 Å². The van der Waals surface area contributed by atoms with Crippen LogP contribution in [0.15, 0.2) is 77.2 Å². The average molecular weight is 473 g/mol. The Kier molecular flexibility index (Phi) is 7.32. The van der Waals surface area contributed by atoms with Gasteiger partial charge in [-0.2, -0.15) is 0 Å². The molecule has 4 rings (SSSR count). The molecule has 0 aliphatic carbocycles. The van der Waals surface area contributed by atoms with Crippen LogP contribution >= 0.6 is 0 Å². The predicted molar refractivity (Wildman–Crippen MR) is 137 cm³/mol. The summed E-state index contributed by atoms with van der Waals surface area (Å²) in [6, 6.07) is 21.4. The van der Waals surface area contributed by atoms with Crippen molar-refractivity contribution in [2.45, 2.75) is 6.54 Å². The molecule has 2 amide bonds. The third-order valence-electron chi connectivity index (χ3n) is 5.32. The molecule has 0 bridgehead atoms. The van der Waals surface area contributed by atoms with E-state index in [9.17, 15) is 9.59 Å². The first kappa shape index (κ1) is 23.8. The zero-order valence-electron chi connectivity index (χ0n) is 19.7. The summed E-state index contributed by atoms with van der Waals surface area (Å²) in [5.41, 5.74) is 9.16. The second kappa shape index (κ2) is 10.8. The number of nitrogens with two attached hydrogens (primary N) is 1. The largest absolute Gasteiger partial charge is 0.492 e. The third kappa shape index (κ3) is 5.99. The van der Waals surface area contributed by atoms with E-state index < -0.39 is 0 Å². The molecule has 3 aromatic carbocycles. The molecule has 8 heteroatoms. The smallest absolute Gasteiger partial charge is 0.287 e. The van der Waals surface area contributed by atoms with E-state index in [1.54, 1.807) is 54.6 Å². The number of fused-ring (bicyclic) bond motifs is 1. The molecule has 4 aromatic rings. The van der Waals surface area contributed by atoms with E-state index in [4.69, 9.17) is 14.9 Å². The van der Waals surface area contributed by atoms with Crippen molar-refractivity contribution in [1.82, 2.24) is 10.2 Å². The summed E-state index contributed by atoms with van der Waals surface area (Å²) in [7, 11) is 3.97. The molecule has 0 aliphatic rings. The predicted octanol–water partition coefficient (Wildman–Crippen LogP) is 4.14. The lowest BCUT2D eigenvalue weighted by atomic mass is 10.1. The van der Waals surface area contributed by atoms with Crippen LogP contribution in [0.2, 0.25) is 0 Å². The Morgan fingerprint density at radius 1 is 0.971 bits per heavy atom. The molecule has 1 aromatic heterocycles. The molecule has 0 saturated heterocycles. The van der Waals surface area contributed by atoms with E-state index in [2.05, 4.69) is 10.6 Å². The van der Waals surface area contributed by atoms with E-state index in [-0.39, 0.29) is 24.2 Å². The van der Waals surface area contributed by atoms with Crippen LogP contribution in [0.5, 0.6) is 5.75 Å². The van der Waals surface area contributed by atoms with Crippen molar-refractivity contribution in [3.8, 4) is 5.75 Å². The van der Waals surface area contributed by atoms with Crippen molar-refractivity contribution in [2.75, 3.05) is 38.3 Å².